The smallest absolute Gasteiger partial charge is 0.257 e. The number of unbranched alkanes of at least 4 members (excludes halogenated alkanes) is 1. The van der Waals surface area contributed by atoms with E-state index in [0.717, 1.165) is 56.5 Å². The van der Waals surface area contributed by atoms with Crippen LogP contribution >= 0.6 is 0 Å². The fraction of sp³-hybridized carbons (Fsp3) is 0.423. The quantitative estimate of drug-likeness (QED) is 0.311. The predicted octanol–water partition coefficient (Wildman–Crippen LogP) is 3.60. The first-order valence-corrected chi connectivity index (χ1v) is 11.7. The second kappa shape index (κ2) is 13.4. The Balaban J connectivity index is 1.47. The summed E-state index contributed by atoms with van der Waals surface area (Å²) in [4.78, 5) is 27.4. The van der Waals surface area contributed by atoms with Gasteiger partial charge in [-0.1, -0.05) is 24.6 Å². The second-order valence-electron chi connectivity index (χ2n) is 8.24. The Morgan fingerprint density at radius 2 is 1.76 bits per heavy atom. The summed E-state index contributed by atoms with van der Waals surface area (Å²) >= 11 is 0. The van der Waals surface area contributed by atoms with Crippen molar-refractivity contribution in [2.75, 3.05) is 26.7 Å². The van der Waals surface area contributed by atoms with Crippen molar-refractivity contribution in [1.82, 2.24) is 15.6 Å². The summed E-state index contributed by atoms with van der Waals surface area (Å²) in [6, 6.07) is 16.5. The maximum Gasteiger partial charge on any atom is 0.257 e. The number of rotatable bonds is 11. The van der Waals surface area contributed by atoms with Gasteiger partial charge in [-0.15, -0.1) is 0 Å². The van der Waals surface area contributed by atoms with Crippen LogP contribution in [0.15, 0.2) is 59.7 Å². The van der Waals surface area contributed by atoms with Crippen molar-refractivity contribution in [2.45, 2.75) is 44.6 Å². The molecule has 176 valence electrons. The molecular formula is C26H34N4O3. The molecule has 1 atom stereocenters. The molecule has 7 heteroatoms. The SMILES string of the molecule is COc1ccc(/C=N/NC(=O)[C@@H](CCCCNC(=O)c2ccccc2)N2CCCCC2)cc1. The fourth-order valence-electron chi connectivity index (χ4n) is 4.00. The number of hydrogen-bond donors (Lipinski definition) is 2. The topological polar surface area (TPSA) is 83.0 Å². The summed E-state index contributed by atoms with van der Waals surface area (Å²) in [7, 11) is 1.63. The normalized spacial score (nSPS) is 15.2. The first-order valence-electron chi connectivity index (χ1n) is 11.7. The molecule has 1 fully saturated rings. The zero-order chi connectivity index (χ0) is 23.3. The van der Waals surface area contributed by atoms with Crippen LogP contribution in [-0.2, 0) is 4.79 Å². The van der Waals surface area contributed by atoms with Crippen molar-refractivity contribution in [1.29, 1.82) is 0 Å². The number of likely N-dealkylation sites (tertiary alicyclic amines) is 1. The Labute approximate surface area is 196 Å². The number of methoxy groups -OCH3 is 1. The average molecular weight is 451 g/mol. The lowest BCUT2D eigenvalue weighted by molar-refractivity contribution is -0.127. The Morgan fingerprint density at radius 3 is 2.45 bits per heavy atom. The molecule has 0 aromatic heterocycles. The van der Waals surface area contributed by atoms with E-state index in [2.05, 4.69) is 20.7 Å². The molecule has 0 radical (unpaired) electrons. The van der Waals surface area contributed by atoms with Crippen LogP contribution in [0.2, 0.25) is 0 Å². The molecule has 0 bridgehead atoms. The minimum atomic E-state index is -0.205. The van der Waals surface area contributed by atoms with E-state index in [-0.39, 0.29) is 17.9 Å². The van der Waals surface area contributed by atoms with E-state index in [1.165, 1.54) is 6.42 Å². The van der Waals surface area contributed by atoms with Gasteiger partial charge in [-0.05, 0) is 87.2 Å². The first-order chi connectivity index (χ1) is 16.2. The maximum absolute atomic E-state index is 12.9. The number of ether oxygens (including phenoxy) is 1. The maximum atomic E-state index is 12.9. The van der Waals surface area contributed by atoms with Gasteiger partial charge in [0.25, 0.3) is 11.8 Å². The van der Waals surface area contributed by atoms with Gasteiger partial charge in [0.1, 0.15) is 5.75 Å². The molecule has 1 aliphatic heterocycles. The molecule has 0 unspecified atom stereocenters. The van der Waals surface area contributed by atoms with Crippen molar-refractivity contribution < 1.29 is 14.3 Å². The van der Waals surface area contributed by atoms with E-state index < -0.39 is 0 Å². The van der Waals surface area contributed by atoms with Gasteiger partial charge in [-0.25, -0.2) is 5.43 Å². The summed E-state index contributed by atoms with van der Waals surface area (Å²) in [5, 5.41) is 7.12. The lowest BCUT2D eigenvalue weighted by Crippen LogP contribution is -2.47. The van der Waals surface area contributed by atoms with Crippen LogP contribution in [-0.4, -0.2) is 55.7 Å². The van der Waals surface area contributed by atoms with Gasteiger partial charge >= 0.3 is 0 Å². The van der Waals surface area contributed by atoms with E-state index in [9.17, 15) is 9.59 Å². The lowest BCUT2D eigenvalue weighted by atomic mass is 10.0. The highest BCUT2D eigenvalue weighted by molar-refractivity contribution is 5.94. The Bertz CT molecular complexity index is 894. The van der Waals surface area contributed by atoms with E-state index in [1.54, 1.807) is 25.5 Å². The molecule has 0 aliphatic carbocycles. The number of carbonyl (C=O) groups is 2. The molecular weight excluding hydrogens is 416 g/mol. The van der Waals surface area contributed by atoms with E-state index in [1.807, 2.05) is 42.5 Å². The van der Waals surface area contributed by atoms with Gasteiger partial charge in [0, 0.05) is 12.1 Å². The standard InChI is InChI=1S/C26H34N4O3/c1-33-23-15-13-21(14-16-23)20-28-29-26(32)24(30-18-8-3-9-19-30)12-6-7-17-27-25(31)22-10-4-2-5-11-22/h2,4-5,10-11,13-16,20,24H,3,6-9,12,17-19H2,1H3,(H,27,31)(H,29,32)/b28-20+/t24-/m1/s1. The van der Waals surface area contributed by atoms with Gasteiger partial charge in [-0.3, -0.25) is 14.5 Å². The van der Waals surface area contributed by atoms with Gasteiger partial charge < -0.3 is 10.1 Å². The molecule has 0 spiro atoms. The number of nitrogens with one attached hydrogen (secondary N) is 2. The van der Waals surface area contributed by atoms with E-state index >= 15 is 0 Å². The van der Waals surface area contributed by atoms with Crippen molar-refractivity contribution in [2.24, 2.45) is 5.10 Å². The molecule has 2 aromatic carbocycles. The number of amides is 2. The molecule has 2 N–H and O–H groups in total. The van der Waals surface area contributed by atoms with Crippen LogP contribution in [0.3, 0.4) is 0 Å². The first kappa shape index (κ1) is 24.5. The molecule has 1 aliphatic rings. The molecule has 1 saturated heterocycles. The van der Waals surface area contributed by atoms with Gasteiger partial charge in [0.2, 0.25) is 0 Å². The largest absolute Gasteiger partial charge is 0.497 e. The Hall–Kier alpha value is -3.19. The monoisotopic (exact) mass is 450 g/mol. The van der Waals surface area contributed by atoms with E-state index in [0.29, 0.717) is 12.1 Å². The molecule has 7 nitrogen and oxygen atoms in total. The van der Waals surface area contributed by atoms with E-state index in [4.69, 9.17) is 4.74 Å². The minimum Gasteiger partial charge on any atom is -0.497 e. The summed E-state index contributed by atoms with van der Waals surface area (Å²) < 4.78 is 5.16. The fourth-order valence-corrected chi connectivity index (χ4v) is 4.00. The highest BCUT2D eigenvalue weighted by Gasteiger charge is 2.26. The summed E-state index contributed by atoms with van der Waals surface area (Å²) in [5.41, 5.74) is 4.28. The van der Waals surface area contributed by atoms with Crippen molar-refractivity contribution in [3.8, 4) is 5.75 Å². The number of carbonyl (C=O) groups excluding carboxylic acids is 2. The number of piperidine rings is 1. The highest BCUT2D eigenvalue weighted by atomic mass is 16.5. The second-order valence-corrected chi connectivity index (χ2v) is 8.24. The lowest BCUT2D eigenvalue weighted by Gasteiger charge is -2.33. The van der Waals surface area contributed by atoms with Crippen LogP contribution in [0.4, 0.5) is 0 Å². The van der Waals surface area contributed by atoms with Crippen LogP contribution in [0.25, 0.3) is 0 Å². The summed E-state index contributed by atoms with van der Waals surface area (Å²) in [5.74, 6) is 0.644. The van der Waals surface area contributed by atoms with Crippen LogP contribution < -0.4 is 15.5 Å². The summed E-state index contributed by atoms with van der Waals surface area (Å²) in [6.07, 6.45) is 7.51. The molecule has 3 rings (SSSR count). The molecule has 33 heavy (non-hydrogen) atoms. The third-order valence-electron chi connectivity index (χ3n) is 5.86. The average Bonchev–Trinajstić information content (AvgIpc) is 2.87. The van der Waals surface area contributed by atoms with Crippen molar-refractivity contribution >= 4 is 18.0 Å². The number of hydrazone groups is 1. The Morgan fingerprint density at radius 1 is 1.03 bits per heavy atom. The zero-order valence-electron chi connectivity index (χ0n) is 19.3. The highest BCUT2D eigenvalue weighted by Crippen LogP contribution is 2.17. The van der Waals surface area contributed by atoms with Crippen molar-refractivity contribution in [3.63, 3.8) is 0 Å². The number of nitrogens with zero attached hydrogens (tertiary/aromatic N) is 2. The Kier molecular flexibility index (Phi) is 9.91. The third-order valence-corrected chi connectivity index (χ3v) is 5.86. The molecule has 2 aromatic rings. The summed E-state index contributed by atoms with van der Waals surface area (Å²) in [6.45, 7) is 2.47. The third kappa shape index (κ3) is 8.02. The van der Waals surface area contributed by atoms with Gasteiger partial charge in [0.05, 0.1) is 19.4 Å². The minimum absolute atomic E-state index is 0.0613. The molecule has 1 heterocycles. The van der Waals surface area contributed by atoms with Gasteiger partial charge in [0.15, 0.2) is 0 Å². The molecule has 2 amide bonds. The van der Waals surface area contributed by atoms with Crippen LogP contribution in [0.1, 0.15) is 54.4 Å². The van der Waals surface area contributed by atoms with Gasteiger partial charge in [-0.2, -0.15) is 5.10 Å². The zero-order valence-corrected chi connectivity index (χ0v) is 19.3. The number of benzene rings is 2. The predicted molar refractivity (Wildman–Crippen MR) is 131 cm³/mol. The van der Waals surface area contributed by atoms with Crippen molar-refractivity contribution in [3.05, 3.63) is 65.7 Å². The van der Waals surface area contributed by atoms with Crippen LogP contribution in [0, 0.1) is 0 Å². The number of hydrogen-bond acceptors (Lipinski definition) is 5. The van der Waals surface area contributed by atoms with Crippen LogP contribution in [0.5, 0.6) is 5.75 Å². The molecule has 0 saturated carbocycles.